The van der Waals surface area contributed by atoms with Crippen LogP contribution in [0.3, 0.4) is 0 Å². The monoisotopic (exact) mass is 436 g/mol. The number of ketones is 1. The standard InChI is InChI=1S/C24H40O5Si/c1-14(2)17-12-18(15(3)19(13-17)29-30(10,11)23(5,6)7)21(25)20-16(4)27-24(8,9)28-22(20)26/h14,17,19H,12-13H2,1-11H3/t17-,19-/m0/s1. The summed E-state index contributed by atoms with van der Waals surface area (Å²) in [6, 6.07) is 0. The molecule has 0 aromatic carbocycles. The van der Waals surface area contributed by atoms with E-state index in [4.69, 9.17) is 13.9 Å². The molecule has 1 aliphatic heterocycles. The highest BCUT2D eigenvalue weighted by molar-refractivity contribution is 6.74. The van der Waals surface area contributed by atoms with Crippen molar-refractivity contribution < 1.29 is 23.5 Å². The first kappa shape index (κ1) is 24.9. The van der Waals surface area contributed by atoms with Crippen LogP contribution in [0.1, 0.15) is 75.2 Å². The summed E-state index contributed by atoms with van der Waals surface area (Å²) in [5.74, 6) is -0.886. The van der Waals surface area contributed by atoms with E-state index < -0.39 is 20.1 Å². The molecule has 2 atom stereocenters. The lowest BCUT2D eigenvalue weighted by atomic mass is 9.75. The molecule has 2 rings (SSSR count). The van der Waals surface area contributed by atoms with Gasteiger partial charge < -0.3 is 13.9 Å². The number of Topliss-reactive ketones (excluding diaryl/α,β-unsaturated/α-hetero) is 1. The van der Waals surface area contributed by atoms with Crippen LogP contribution in [0.2, 0.25) is 18.1 Å². The van der Waals surface area contributed by atoms with Crippen LogP contribution in [0, 0.1) is 11.8 Å². The fraction of sp³-hybridized carbons (Fsp3) is 0.750. The van der Waals surface area contributed by atoms with Crippen molar-refractivity contribution in [3.8, 4) is 0 Å². The summed E-state index contributed by atoms with van der Waals surface area (Å²) >= 11 is 0. The number of carbonyl (C=O) groups excluding carboxylic acids is 2. The highest BCUT2D eigenvalue weighted by Gasteiger charge is 2.44. The number of esters is 1. The molecule has 0 bridgehead atoms. The average molecular weight is 437 g/mol. The maximum atomic E-state index is 13.5. The molecule has 1 aliphatic carbocycles. The number of ether oxygens (including phenoxy) is 2. The van der Waals surface area contributed by atoms with Gasteiger partial charge in [0, 0.05) is 19.4 Å². The summed E-state index contributed by atoms with van der Waals surface area (Å²) in [6.45, 7) is 22.5. The van der Waals surface area contributed by atoms with Crippen LogP contribution in [-0.4, -0.2) is 32.0 Å². The lowest BCUT2D eigenvalue weighted by molar-refractivity contribution is -0.207. The van der Waals surface area contributed by atoms with Crippen LogP contribution < -0.4 is 0 Å². The van der Waals surface area contributed by atoms with Crippen molar-refractivity contribution >= 4 is 20.1 Å². The van der Waals surface area contributed by atoms with E-state index in [1.165, 1.54) is 0 Å². The number of cyclic esters (lactones) is 1. The van der Waals surface area contributed by atoms with Crippen LogP contribution in [-0.2, 0) is 23.5 Å². The SMILES string of the molecule is CC1=C(C(=O)C2=C(C)[C@@H](O[Si](C)(C)C(C)(C)C)C[C@@H](C(C)C)C2)C(=O)OC(C)(C)O1. The molecule has 0 unspecified atom stereocenters. The maximum Gasteiger partial charge on any atom is 0.348 e. The first-order valence-corrected chi connectivity index (χ1v) is 13.9. The lowest BCUT2D eigenvalue weighted by Crippen LogP contribution is -2.46. The molecule has 0 amide bonds. The van der Waals surface area contributed by atoms with Gasteiger partial charge in [-0.25, -0.2) is 4.79 Å². The summed E-state index contributed by atoms with van der Waals surface area (Å²) in [5, 5.41) is 0.0773. The first-order valence-electron chi connectivity index (χ1n) is 11.0. The molecule has 1 heterocycles. The second kappa shape index (κ2) is 8.27. The molecule has 5 nitrogen and oxygen atoms in total. The van der Waals surface area contributed by atoms with E-state index >= 15 is 0 Å². The van der Waals surface area contributed by atoms with Crippen LogP contribution >= 0.6 is 0 Å². The third kappa shape index (κ3) is 5.08. The quantitative estimate of drug-likeness (QED) is 0.304. The van der Waals surface area contributed by atoms with E-state index in [1.54, 1.807) is 20.8 Å². The van der Waals surface area contributed by atoms with E-state index in [0.29, 0.717) is 29.6 Å². The molecular formula is C24H40O5Si. The van der Waals surface area contributed by atoms with Crippen LogP contribution in [0.5, 0.6) is 0 Å². The minimum absolute atomic E-state index is 0.0131. The third-order valence-corrected chi connectivity index (χ3v) is 11.4. The van der Waals surface area contributed by atoms with E-state index in [9.17, 15) is 9.59 Å². The first-order chi connectivity index (χ1) is 13.5. The molecule has 0 aromatic rings. The molecular weight excluding hydrogens is 396 g/mol. The second-order valence-electron chi connectivity index (χ2n) is 11.1. The Labute approximate surface area is 183 Å². The minimum atomic E-state index is -2.02. The molecule has 30 heavy (non-hydrogen) atoms. The van der Waals surface area contributed by atoms with Gasteiger partial charge in [-0.15, -0.1) is 0 Å². The van der Waals surface area contributed by atoms with Gasteiger partial charge in [0.15, 0.2) is 14.1 Å². The third-order valence-electron chi connectivity index (χ3n) is 6.92. The summed E-state index contributed by atoms with van der Waals surface area (Å²) in [4.78, 5) is 26.2. The fourth-order valence-electron chi connectivity index (χ4n) is 3.86. The van der Waals surface area contributed by atoms with Gasteiger partial charge in [-0.3, -0.25) is 4.79 Å². The molecule has 6 heteroatoms. The van der Waals surface area contributed by atoms with Gasteiger partial charge in [0.1, 0.15) is 11.3 Å². The molecule has 170 valence electrons. The number of rotatable bonds is 5. The van der Waals surface area contributed by atoms with E-state index in [1.807, 2.05) is 6.92 Å². The van der Waals surface area contributed by atoms with Crippen molar-refractivity contribution in [3.05, 3.63) is 22.5 Å². The number of carbonyl (C=O) groups is 2. The van der Waals surface area contributed by atoms with E-state index in [-0.39, 0.29) is 22.5 Å². The van der Waals surface area contributed by atoms with Crippen LogP contribution in [0.25, 0.3) is 0 Å². The smallest absolute Gasteiger partial charge is 0.348 e. The molecule has 0 aromatic heterocycles. The van der Waals surface area contributed by atoms with Crippen LogP contribution in [0.15, 0.2) is 22.5 Å². The Morgan fingerprint density at radius 2 is 1.73 bits per heavy atom. The molecule has 0 saturated carbocycles. The summed E-state index contributed by atoms with van der Waals surface area (Å²) in [7, 11) is -2.02. The Hall–Kier alpha value is -1.40. The summed E-state index contributed by atoms with van der Waals surface area (Å²) in [5.41, 5.74) is 1.64. The molecule has 0 N–H and O–H groups in total. The zero-order valence-corrected chi connectivity index (χ0v) is 21.7. The van der Waals surface area contributed by atoms with Gasteiger partial charge >= 0.3 is 5.97 Å². The van der Waals surface area contributed by atoms with Crippen molar-refractivity contribution in [1.29, 1.82) is 0 Å². The molecule has 0 radical (unpaired) electrons. The topological polar surface area (TPSA) is 61.8 Å². The number of hydrogen-bond donors (Lipinski definition) is 0. The Morgan fingerprint density at radius 1 is 1.17 bits per heavy atom. The highest BCUT2D eigenvalue weighted by atomic mass is 28.4. The predicted molar refractivity (Wildman–Crippen MR) is 121 cm³/mol. The molecule has 0 spiro atoms. The maximum absolute atomic E-state index is 13.5. The van der Waals surface area contributed by atoms with Crippen molar-refractivity contribution in [3.63, 3.8) is 0 Å². The normalized spacial score (nSPS) is 25.4. The fourth-order valence-corrected chi connectivity index (χ4v) is 5.20. The summed E-state index contributed by atoms with van der Waals surface area (Å²) in [6.07, 6.45) is 1.44. The highest BCUT2D eigenvalue weighted by Crippen LogP contribution is 2.43. The summed E-state index contributed by atoms with van der Waals surface area (Å²) < 4.78 is 17.8. The Bertz CT molecular complexity index is 780. The van der Waals surface area contributed by atoms with Crippen molar-refractivity contribution in [1.82, 2.24) is 0 Å². The van der Waals surface area contributed by atoms with Gasteiger partial charge in [0.2, 0.25) is 5.79 Å². The molecule has 0 fully saturated rings. The molecule has 0 saturated heterocycles. The van der Waals surface area contributed by atoms with Gasteiger partial charge in [-0.1, -0.05) is 34.6 Å². The Kier molecular flexibility index (Phi) is 6.85. The Morgan fingerprint density at radius 3 is 2.20 bits per heavy atom. The van der Waals surface area contributed by atoms with Crippen LogP contribution in [0.4, 0.5) is 0 Å². The van der Waals surface area contributed by atoms with Gasteiger partial charge in [0.05, 0.1) is 6.10 Å². The second-order valence-corrected chi connectivity index (χ2v) is 15.9. The average Bonchev–Trinajstić information content (AvgIpc) is 2.53. The Balaban J connectivity index is 2.47. The van der Waals surface area contributed by atoms with Crippen molar-refractivity contribution in [2.45, 2.75) is 105 Å². The van der Waals surface area contributed by atoms with E-state index in [0.717, 1.165) is 12.0 Å². The number of hydrogen-bond acceptors (Lipinski definition) is 5. The predicted octanol–water partition coefficient (Wildman–Crippen LogP) is 5.91. The molecule has 2 aliphatic rings. The minimum Gasteiger partial charge on any atom is -0.456 e. The largest absolute Gasteiger partial charge is 0.456 e. The van der Waals surface area contributed by atoms with Gasteiger partial charge in [0.25, 0.3) is 0 Å². The van der Waals surface area contributed by atoms with Crippen molar-refractivity contribution in [2.75, 3.05) is 0 Å². The van der Waals surface area contributed by atoms with Gasteiger partial charge in [-0.2, -0.15) is 0 Å². The lowest BCUT2D eigenvalue weighted by Gasteiger charge is -2.43. The zero-order valence-electron chi connectivity index (χ0n) is 20.7. The van der Waals surface area contributed by atoms with Crippen molar-refractivity contribution in [2.24, 2.45) is 11.8 Å². The van der Waals surface area contributed by atoms with Gasteiger partial charge in [-0.05, 0) is 62.2 Å². The van der Waals surface area contributed by atoms with E-state index in [2.05, 4.69) is 47.7 Å². The number of allylic oxidation sites excluding steroid dienone is 2. The zero-order chi connectivity index (χ0) is 23.2.